The molecule has 2 radical (unpaired) electrons. The van der Waals surface area contributed by atoms with Gasteiger partial charge in [-0.1, -0.05) is 82.2 Å². The molecule has 6 aromatic carbocycles. The van der Waals surface area contributed by atoms with Crippen LogP contribution >= 0.6 is 0 Å². The summed E-state index contributed by atoms with van der Waals surface area (Å²) < 4.78 is 219. The van der Waals surface area contributed by atoms with Crippen molar-refractivity contribution in [2.24, 2.45) is 0 Å². The van der Waals surface area contributed by atoms with E-state index in [4.69, 9.17) is 46.6 Å². The fourth-order valence-corrected chi connectivity index (χ4v) is 7.60. The van der Waals surface area contributed by atoms with Crippen LogP contribution in [0.3, 0.4) is 0 Å². The van der Waals surface area contributed by atoms with E-state index in [1.807, 2.05) is 36.4 Å². The molecule has 6 heterocycles. The fraction of sp³-hybridized carbons (Fsp3) is 0.119. The number of alkyl halides is 3. The van der Waals surface area contributed by atoms with E-state index >= 15 is 0 Å². The van der Waals surface area contributed by atoms with Gasteiger partial charge >= 0.3 is 15.6 Å². The van der Waals surface area contributed by atoms with Crippen molar-refractivity contribution in [1.82, 2.24) is 19.9 Å². The number of nitrogens with zero attached hydrogens (tertiary/aromatic N) is 6. The molecule has 0 atom stereocenters. The third-order valence-corrected chi connectivity index (χ3v) is 11.9. The molecule has 0 aliphatic heterocycles. The molecule has 13 nitrogen and oxygen atoms in total. The number of aryl methyl sites for hydroxylation is 4. The normalized spacial score (nSPS) is 14.3. The Morgan fingerprint density at radius 3 is 1.50 bits per heavy atom. The number of hydrogen-bond donors (Lipinski definition) is 2. The monoisotopic (exact) mass is 1550 g/mol. The number of halogens is 3. The molecular formula is C67H55F3Ir2N6O7S-4. The average molecular weight is 1550 g/mol. The number of aliphatic hydroxyl groups excluding tert-OH is 1. The zero-order valence-electron chi connectivity index (χ0n) is 65.0. The van der Waals surface area contributed by atoms with Gasteiger partial charge in [-0.15, -0.1) is 94.3 Å². The Morgan fingerprint density at radius 2 is 1.05 bits per heavy atom. The van der Waals surface area contributed by atoms with Crippen LogP contribution in [-0.2, 0) is 54.7 Å². The molecule has 12 aromatic rings. The van der Waals surface area contributed by atoms with Crippen LogP contribution in [-0.4, -0.2) is 51.3 Å². The number of aliphatic hydroxyl groups is 1. The van der Waals surface area contributed by atoms with Crippen molar-refractivity contribution < 1.29 is 113 Å². The van der Waals surface area contributed by atoms with Crippen LogP contribution in [0.1, 0.15) is 71.9 Å². The Balaban J connectivity index is 0.000000292. The van der Waals surface area contributed by atoms with Crippen molar-refractivity contribution in [3.8, 4) is 57.2 Å². The van der Waals surface area contributed by atoms with Gasteiger partial charge in [0.05, 0.1) is 33.4 Å². The van der Waals surface area contributed by atoms with Gasteiger partial charge in [0.25, 0.3) is 0 Å². The zero-order chi connectivity index (χ0) is 76.8. The molecule has 0 spiro atoms. The SMILES string of the molecule is CO.O=S(=O)(OO)C(F)(F)F.[2H]c1cc(C([2H])([2H])[2H])cc(-c2[c-]ccc3c2oc2c(C#N)c(C([2H])([2H])[2H])ccc23)n1.[2H]c1cc(C([2H])([2H])[2H])cc(-c2cccc3c2oc2c(C#N)c(C([2H])([2H])[2H])ccc23)n1.[2H]c1nc(-c2[c-]cccc2)c([2H])c(C)c1[2H].[2H]c1nc(-c2[c-]cccc2)c([2H])c(C)c1[2H].[CH3-].[Ir].[Ir]. The third kappa shape index (κ3) is 16.9. The van der Waals surface area contributed by atoms with Gasteiger partial charge in [0.2, 0.25) is 0 Å². The molecule has 6 aromatic heterocycles. The van der Waals surface area contributed by atoms with E-state index in [0.29, 0.717) is 71.9 Å². The summed E-state index contributed by atoms with van der Waals surface area (Å²) in [5.41, 5.74) is -0.741. The first-order valence-corrected chi connectivity index (χ1v) is 25.1. The van der Waals surface area contributed by atoms with Crippen LogP contribution < -0.4 is 0 Å². The van der Waals surface area contributed by atoms with Crippen LogP contribution in [0.5, 0.6) is 0 Å². The first kappa shape index (κ1) is 44.8. The van der Waals surface area contributed by atoms with Crippen molar-refractivity contribution >= 4 is 54.0 Å². The summed E-state index contributed by atoms with van der Waals surface area (Å²) in [6.07, 6.45) is -0.613. The smallest absolute Gasteiger partial charge is 0.499 e. The first-order chi connectivity index (χ1) is 48.0. The van der Waals surface area contributed by atoms with E-state index < -0.39 is 43.0 Å². The second kappa shape index (κ2) is 32.1. The van der Waals surface area contributed by atoms with Crippen LogP contribution in [0.2, 0.25) is 0 Å². The number of pyridine rings is 4. The molecule has 0 amide bonds. The maximum atomic E-state index is 11.0. The van der Waals surface area contributed by atoms with Crippen LogP contribution in [0.4, 0.5) is 13.2 Å². The number of rotatable bonds is 5. The summed E-state index contributed by atoms with van der Waals surface area (Å²) in [6, 6.07) is 47.1. The molecule has 19 heteroatoms. The minimum absolute atomic E-state index is 0. The summed E-state index contributed by atoms with van der Waals surface area (Å²) in [5, 5.41) is 35.6. The van der Waals surface area contributed by atoms with Gasteiger partial charge in [-0.25, -0.2) is 5.26 Å². The maximum Gasteiger partial charge on any atom is 0.525 e. The zero-order valence-corrected chi connectivity index (χ0v) is 50.6. The molecule has 444 valence electrons. The molecule has 2 N–H and O–H groups in total. The Labute approximate surface area is 552 Å². The molecule has 0 saturated carbocycles. The van der Waals surface area contributed by atoms with Crippen LogP contribution in [0.15, 0.2) is 185 Å². The van der Waals surface area contributed by atoms with Crippen molar-refractivity contribution in [2.45, 2.75) is 46.8 Å². The van der Waals surface area contributed by atoms with Gasteiger partial charge in [-0.05, 0) is 111 Å². The number of nitriles is 2. The number of aromatic nitrogens is 4. The minimum Gasteiger partial charge on any atom is -0.499 e. The number of benzene rings is 6. The molecule has 0 bridgehead atoms. The summed E-state index contributed by atoms with van der Waals surface area (Å²) in [6.45, 7) is -6.46. The van der Waals surface area contributed by atoms with E-state index in [1.54, 1.807) is 80.6 Å². The van der Waals surface area contributed by atoms with Crippen molar-refractivity contribution in [3.05, 3.63) is 246 Å². The molecule has 0 fully saturated rings. The standard InChI is InChI=1S/C20H14N2O.C20H13N2O.2C12H10N.CHF3O4S.CH4O.CH3.2Ir/c2*1-12-8-9-22-18(10-12)16-5-3-4-14-15-7-6-13(2)17(11-21)20(15)23-19(14)16;2*1-10-7-8-13-12(9-10)11-5-3-2-4-6-11;2-1(3,4)9(6,7)8-5;1-2;;;/h3-10H,1-2H3;3-4,6-10H,1-2H3;2*2-5,7-9H,1H3;5H;2H,1H3;1H3;;/q;3*-1;;;-1;;/i2*1D3,2D3,9D;2*7D,8D,9D;;;;;. The van der Waals surface area contributed by atoms with Gasteiger partial charge in [0.15, 0.2) is 5.58 Å². The number of fused-ring (bicyclic) bond motifs is 6. The third-order valence-electron chi connectivity index (χ3n) is 11.2. The summed E-state index contributed by atoms with van der Waals surface area (Å²) >= 11 is 0. The summed E-state index contributed by atoms with van der Waals surface area (Å²) in [4.78, 5) is 16.2. The second-order valence-corrected chi connectivity index (χ2v) is 18.1. The molecule has 0 aliphatic carbocycles. The fourth-order valence-electron chi connectivity index (χ4n) is 7.52. The molecular weight excluding hydrogens is 1470 g/mol. The Kier molecular flexibility index (Phi) is 16.7. The summed E-state index contributed by atoms with van der Waals surface area (Å²) in [7, 11) is -4.78. The molecule has 86 heavy (non-hydrogen) atoms. The predicted molar refractivity (Wildman–Crippen MR) is 321 cm³/mol. The van der Waals surface area contributed by atoms with E-state index in [0.717, 1.165) is 7.11 Å². The Morgan fingerprint density at radius 1 is 0.570 bits per heavy atom. The minimum atomic E-state index is -5.78. The number of hydrogen-bond acceptors (Lipinski definition) is 13. The van der Waals surface area contributed by atoms with E-state index in [-0.39, 0.29) is 158 Å². The van der Waals surface area contributed by atoms with Gasteiger partial charge in [0, 0.05) is 110 Å². The molecule has 0 saturated heterocycles. The number of para-hydroxylation sites is 1. The van der Waals surface area contributed by atoms with Gasteiger partial charge < -0.3 is 36.3 Å². The molecule has 0 aliphatic rings. The Bertz CT molecular complexity index is 5060. The molecule has 12 rings (SSSR count). The van der Waals surface area contributed by atoms with Crippen molar-refractivity contribution in [1.29, 1.82) is 10.5 Å². The van der Waals surface area contributed by atoms with Crippen LogP contribution in [0.25, 0.3) is 88.9 Å². The van der Waals surface area contributed by atoms with Crippen LogP contribution in [0, 0.1) is 89.5 Å². The van der Waals surface area contributed by atoms with E-state index in [2.05, 4.69) is 42.5 Å². The number of furan rings is 2. The topological polar surface area (TPSA) is 209 Å². The van der Waals surface area contributed by atoms with Gasteiger partial charge in [-0.2, -0.15) is 32.1 Å². The largest absolute Gasteiger partial charge is 0.525 e. The quantitative estimate of drug-likeness (QED) is 0.0712. The van der Waals surface area contributed by atoms with Crippen molar-refractivity contribution in [3.63, 3.8) is 0 Å². The van der Waals surface area contributed by atoms with E-state index in [9.17, 15) is 32.1 Å². The van der Waals surface area contributed by atoms with Gasteiger partial charge in [-0.3, -0.25) is 4.98 Å². The van der Waals surface area contributed by atoms with E-state index in [1.165, 1.54) is 36.4 Å². The maximum absolute atomic E-state index is 11.0. The molecule has 0 unspecified atom stereocenters. The van der Waals surface area contributed by atoms with Crippen molar-refractivity contribution in [2.75, 3.05) is 7.11 Å². The first-order valence-electron chi connectivity index (χ1n) is 33.6. The predicted octanol–water partition coefficient (Wildman–Crippen LogP) is 16.2. The summed E-state index contributed by atoms with van der Waals surface area (Å²) in [5.74, 6) is 0. The van der Waals surface area contributed by atoms with Gasteiger partial charge in [0.1, 0.15) is 23.3 Å². The Hall–Kier alpha value is -8.58. The average Bonchev–Trinajstić information content (AvgIpc) is 1.62. The second-order valence-electron chi connectivity index (χ2n) is 16.6.